The highest BCUT2D eigenvalue weighted by molar-refractivity contribution is 7.86. The van der Waals surface area contributed by atoms with Crippen LogP contribution in [0.25, 0.3) is 0 Å². The largest absolute Gasteiger partial charge is 0.457 e. The van der Waals surface area contributed by atoms with E-state index in [4.69, 9.17) is 8.92 Å². The van der Waals surface area contributed by atoms with Gasteiger partial charge in [-0.15, -0.1) is 0 Å². The Bertz CT molecular complexity index is 548. The highest BCUT2D eigenvalue weighted by atomic mass is 32.2. The van der Waals surface area contributed by atoms with Crippen molar-refractivity contribution in [2.45, 2.75) is 24.8 Å². The average molecular weight is 284 g/mol. The van der Waals surface area contributed by atoms with Gasteiger partial charge in [0.25, 0.3) is 10.1 Å². The highest BCUT2D eigenvalue weighted by Crippen LogP contribution is 2.12. The second-order valence-electron chi connectivity index (χ2n) is 4.05. The minimum absolute atomic E-state index is 0.0634. The molecule has 1 aromatic carbocycles. The Morgan fingerprint density at radius 1 is 1.32 bits per heavy atom. The van der Waals surface area contributed by atoms with Crippen molar-refractivity contribution in [3.8, 4) is 0 Å². The lowest BCUT2D eigenvalue weighted by atomic mass is 10.3. The molecule has 1 unspecified atom stereocenters. The first-order valence-electron chi connectivity index (χ1n) is 5.64. The van der Waals surface area contributed by atoms with Gasteiger partial charge in [-0.1, -0.05) is 24.8 Å². The second-order valence-corrected chi connectivity index (χ2v) is 5.66. The van der Waals surface area contributed by atoms with Gasteiger partial charge in [-0.2, -0.15) is 8.42 Å². The fourth-order valence-corrected chi connectivity index (χ4v) is 2.16. The first kappa shape index (κ1) is 15.4. The maximum absolute atomic E-state index is 11.8. The monoisotopic (exact) mass is 284 g/mol. The lowest BCUT2D eigenvalue weighted by Crippen LogP contribution is -2.22. The maximum Gasteiger partial charge on any atom is 0.333 e. The zero-order valence-corrected chi connectivity index (χ0v) is 11.6. The fraction of sp³-hybridized carbons (Fsp3) is 0.308. The molecule has 0 saturated heterocycles. The van der Waals surface area contributed by atoms with Crippen molar-refractivity contribution < 1.29 is 22.1 Å². The molecule has 1 aromatic rings. The number of benzene rings is 1. The molecule has 19 heavy (non-hydrogen) atoms. The number of carbonyl (C=O) groups excluding carboxylic acids is 1. The molecule has 0 fully saturated rings. The van der Waals surface area contributed by atoms with Gasteiger partial charge in [-0.3, -0.25) is 4.18 Å². The van der Waals surface area contributed by atoms with Crippen LogP contribution in [0.1, 0.15) is 13.8 Å². The minimum atomic E-state index is -3.83. The van der Waals surface area contributed by atoms with Crippen LogP contribution in [-0.2, 0) is 23.8 Å². The second kappa shape index (κ2) is 6.49. The first-order chi connectivity index (χ1) is 8.83. The molecule has 0 heterocycles. The molecule has 0 aliphatic heterocycles. The summed E-state index contributed by atoms with van der Waals surface area (Å²) < 4.78 is 33.3. The summed E-state index contributed by atoms with van der Waals surface area (Å²) in [5, 5.41) is 0. The van der Waals surface area contributed by atoms with Crippen LogP contribution in [0.2, 0.25) is 0 Å². The van der Waals surface area contributed by atoms with Gasteiger partial charge >= 0.3 is 5.97 Å². The van der Waals surface area contributed by atoms with Crippen LogP contribution in [0, 0.1) is 0 Å². The molecule has 0 aromatic heterocycles. The van der Waals surface area contributed by atoms with E-state index in [-0.39, 0.29) is 17.1 Å². The molecule has 0 spiro atoms. The number of rotatable bonds is 6. The molecule has 0 aliphatic carbocycles. The van der Waals surface area contributed by atoms with E-state index in [1.807, 2.05) is 0 Å². The Labute approximate surface area is 113 Å². The van der Waals surface area contributed by atoms with E-state index in [1.54, 1.807) is 25.1 Å². The standard InChI is InChI=1S/C13H16O5S/c1-10(2)13(14)18-11(3)9-17-19(15,16)12-7-5-4-6-8-12/h4-8,11H,1,9H2,2-3H3. The van der Waals surface area contributed by atoms with Crippen molar-refractivity contribution in [1.82, 2.24) is 0 Å². The summed E-state index contributed by atoms with van der Waals surface area (Å²) in [7, 11) is -3.83. The van der Waals surface area contributed by atoms with E-state index in [1.165, 1.54) is 19.1 Å². The van der Waals surface area contributed by atoms with Crippen LogP contribution in [0.15, 0.2) is 47.4 Å². The topological polar surface area (TPSA) is 69.7 Å². The molecule has 0 N–H and O–H groups in total. The molecule has 0 bridgehead atoms. The van der Waals surface area contributed by atoms with E-state index in [0.29, 0.717) is 0 Å². The summed E-state index contributed by atoms with van der Waals surface area (Å²) in [6.07, 6.45) is -0.678. The summed E-state index contributed by atoms with van der Waals surface area (Å²) in [6.45, 7) is 6.24. The fourth-order valence-electron chi connectivity index (χ4n) is 1.16. The summed E-state index contributed by atoms with van der Waals surface area (Å²) in [5.74, 6) is -0.576. The normalized spacial score (nSPS) is 12.7. The van der Waals surface area contributed by atoms with E-state index in [2.05, 4.69) is 6.58 Å². The van der Waals surface area contributed by atoms with Gasteiger partial charge in [0.1, 0.15) is 12.7 Å². The summed E-state index contributed by atoms with van der Waals surface area (Å²) >= 11 is 0. The highest BCUT2D eigenvalue weighted by Gasteiger charge is 2.18. The third-order valence-electron chi connectivity index (χ3n) is 2.15. The smallest absolute Gasteiger partial charge is 0.333 e. The zero-order chi connectivity index (χ0) is 14.5. The molecule has 6 heteroatoms. The van der Waals surface area contributed by atoms with Gasteiger partial charge in [0.2, 0.25) is 0 Å². The van der Waals surface area contributed by atoms with E-state index in [0.717, 1.165) is 0 Å². The zero-order valence-electron chi connectivity index (χ0n) is 10.8. The van der Waals surface area contributed by atoms with Gasteiger partial charge in [-0.25, -0.2) is 4.79 Å². The van der Waals surface area contributed by atoms with E-state index >= 15 is 0 Å². The summed E-state index contributed by atoms with van der Waals surface area (Å²) in [5.41, 5.74) is 0.248. The Morgan fingerprint density at radius 3 is 2.42 bits per heavy atom. The minimum Gasteiger partial charge on any atom is -0.457 e. The Hall–Kier alpha value is -1.66. The van der Waals surface area contributed by atoms with Crippen molar-refractivity contribution in [3.63, 3.8) is 0 Å². The van der Waals surface area contributed by atoms with Crippen LogP contribution < -0.4 is 0 Å². The molecule has 1 rings (SSSR count). The molecular formula is C13H16O5S. The van der Waals surface area contributed by atoms with E-state index in [9.17, 15) is 13.2 Å². The van der Waals surface area contributed by atoms with Crippen LogP contribution >= 0.6 is 0 Å². The number of carbonyl (C=O) groups is 1. The molecule has 0 saturated carbocycles. The van der Waals surface area contributed by atoms with Crippen LogP contribution in [-0.4, -0.2) is 27.1 Å². The number of ether oxygens (including phenoxy) is 1. The van der Waals surface area contributed by atoms with Gasteiger partial charge in [0.05, 0.1) is 4.90 Å². The van der Waals surface area contributed by atoms with Crippen molar-refractivity contribution in [2.75, 3.05) is 6.61 Å². The molecule has 1 atom stereocenters. The third-order valence-corrected chi connectivity index (χ3v) is 3.44. The molecule has 0 radical (unpaired) electrons. The molecular weight excluding hydrogens is 268 g/mol. The summed E-state index contributed by atoms with van der Waals surface area (Å²) in [4.78, 5) is 11.3. The van der Waals surface area contributed by atoms with E-state index < -0.39 is 22.2 Å². The van der Waals surface area contributed by atoms with Gasteiger partial charge in [0.15, 0.2) is 0 Å². The van der Waals surface area contributed by atoms with Crippen molar-refractivity contribution in [2.24, 2.45) is 0 Å². The Balaban J connectivity index is 2.57. The van der Waals surface area contributed by atoms with Gasteiger partial charge in [-0.05, 0) is 26.0 Å². The number of hydrogen-bond acceptors (Lipinski definition) is 5. The quantitative estimate of drug-likeness (QED) is 0.453. The number of hydrogen-bond donors (Lipinski definition) is 0. The first-order valence-corrected chi connectivity index (χ1v) is 7.04. The lowest BCUT2D eigenvalue weighted by molar-refractivity contribution is -0.144. The Morgan fingerprint density at radius 2 is 1.89 bits per heavy atom. The van der Waals surface area contributed by atoms with Crippen LogP contribution in [0.4, 0.5) is 0 Å². The molecule has 0 amide bonds. The SMILES string of the molecule is C=C(C)C(=O)OC(C)COS(=O)(=O)c1ccccc1. The van der Waals surface area contributed by atoms with Crippen molar-refractivity contribution in [1.29, 1.82) is 0 Å². The predicted octanol–water partition coefficient (Wildman–Crippen LogP) is 1.90. The lowest BCUT2D eigenvalue weighted by Gasteiger charge is -2.13. The van der Waals surface area contributed by atoms with Crippen molar-refractivity contribution in [3.05, 3.63) is 42.5 Å². The third kappa shape index (κ3) is 4.84. The number of esters is 1. The van der Waals surface area contributed by atoms with Crippen LogP contribution in [0.3, 0.4) is 0 Å². The Kier molecular flexibility index (Phi) is 5.26. The maximum atomic E-state index is 11.8. The van der Waals surface area contributed by atoms with Gasteiger partial charge < -0.3 is 4.74 Å². The summed E-state index contributed by atoms with van der Waals surface area (Å²) in [6, 6.07) is 7.76. The van der Waals surface area contributed by atoms with Crippen LogP contribution in [0.5, 0.6) is 0 Å². The average Bonchev–Trinajstić information content (AvgIpc) is 2.37. The predicted molar refractivity (Wildman–Crippen MR) is 69.9 cm³/mol. The van der Waals surface area contributed by atoms with Gasteiger partial charge in [0, 0.05) is 5.57 Å². The molecule has 5 nitrogen and oxygen atoms in total. The van der Waals surface area contributed by atoms with Crippen molar-refractivity contribution >= 4 is 16.1 Å². The molecule has 104 valence electrons. The molecule has 0 aliphatic rings.